The highest BCUT2D eigenvalue weighted by molar-refractivity contribution is 7.98. The van der Waals surface area contributed by atoms with Crippen molar-refractivity contribution in [2.45, 2.75) is 30.2 Å². The fourth-order valence-electron chi connectivity index (χ4n) is 3.66. The van der Waals surface area contributed by atoms with Crippen molar-refractivity contribution in [1.29, 1.82) is 10.5 Å². The second-order valence-electron chi connectivity index (χ2n) is 8.17. The van der Waals surface area contributed by atoms with Gasteiger partial charge in [-0.3, -0.25) is 0 Å². The molecule has 1 aliphatic heterocycles. The molecule has 1 fully saturated rings. The summed E-state index contributed by atoms with van der Waals surface area (Å²) in [6.07, 6.45) is 0.0828. The first-order valence-electron chi connectivity index (χ1n) is 11.4. The average molecular weight is 523 g/mol. The molecule has 0 saturated carbocycles. The molecular formula is C25H26N6O3S2. The highest BCUT2D eigenvalue weighted by atomic mass is 32.2. The lowest BCUT2D eigenvalue weighted by Crippen LogP contribution is -2.36. The number of aromatic nitrogens is 2. The molecule has 2 aromatic heterocycles. The number of nitriles is 2. The van der Waals surface area contributed by atoms with Crippen LogP contribution in [-0.2, 0) is 10.5 Å². The van der Waals surface area contributed by atoms with Crippen molar-refractivity contribution < 1.29 is 14.6 Å². The minimum absolute atomic E-state index is 0.0820. The second kappa shape index (κ2) is 12.1. The minimum Gasteiger partial charge on any atom is -0.493 e. The Morgan fingerprint density at radius 2 is 1.92 bits per heavy atom. The third kappa shape index (κ3) is 6.07. The molecular weight excluding hydrogens is 496 g/mol. The Bertz CT molecular complexity index is 1270. The van der Waals surface area contributed by atoms with Gasteiger partial charge in [0.1, 0.15) is 34.3 Å². The smallest absolute Gasteiger partial charge is 0.185 e. The van der Waals surface area contributed by atoms with Crippen LogP contribution in [0.5, 0.6) is 5.75 Å². The lowest BCUT2D eigenvalue weighted by atomic mass is 9.97. The molecule has 1 aromatic carbocycles. The van der Waals surface area contributed by atoms with Gasteiger partial charge in [-0.25, -0.2) is 9.97 Å². The molecule has 1 aliphatic rings. The van der Waals surface area contributed by atoms with Gasteiger partial charge in [0.25, 0.3) is 0 Å². The lowest BCUT2D eigenvalue weighted by Gasteiger charge is -2.26. The summed E-state index contributed by atoms with van der Waals surface area (Å²) < 4.78 is 11.1. The molecule has 3 heterocycles. The van der Waals surface area contributed by atoms with Crippen molar-refractivity contribution in [2.24, 2.45) is 0 Å². The first-order chi connectivity index (χ1) is 17.5. The van der Waals surface area contributed by atoms with Crippen LogP contribution in [-0.4, -0.2) is 54.1 Å². The fourth-order valence-corrected chi connectivity index (χ4v) is 5.53. The van der Waals surface area contributed by atoms with Crippen LogP contribution >= 0.6 is 23.1 Å². The quantitative estimate of drug-likeness (QED) is 0.398. The molecule has 0 spiro atoms. The number of hydrogen-bond acceptors (Lipinski definition) is 11. The summed E-state index contributed by atoms with van der Waals surface area (Å²) in [6, 6.07) is 11.5. The third-order valence-electron chi connectivity index (χ3n) is 5.54. The predicted molar refractivity (Wildman–Crippen MR) is 140 cm³/mol. The van der Waals surface area contributed by atoms with Gasteiger partial charge in [0.15, 0.2) is 5.13 Å². The summed E-state index contributed by atoms with van der Waals surface area (Å²) >= 11 is 2.96. The van der Waals surface area contributed by atoms with Gasteiger partial charge in [-0.2, -0.15) is 10.5 Å². The Labute approximate surface area is 218 Å². The molecule has 36 heavy (non-hydrogen) atoms. The number of thioether (sulfide) groups is 1. The Morgan fingerprint density at radius 3 is 2.58 bits per heavy atom. The topological polar surface area (TPSA) is 141 Å². The number of benzene rings is 1. The molecule has 11 heteroatoms. The Balaban J connectivity index is 1.56. The molecule has 0 bridgehead atoms. The number of rotatable bonds is 9. The lowest BCUT2D eigenvalue weighted by molar-refractivity contribution is 0.122. The number of hydrogen-bond donors (Lipinski definition) is 2. The number of thiazole rings is 1. The van der Waals surface area contributed by atoms with Crippen LogP contribution in [0.25, 0.3) is 11.1 Å². The maximum Gasteiger partial charge on any atom is 0.185 e. The first-order valence-corrected chi connectivity index (χ1v) is 13.3. The predicted octanol–water partition coefficient (Wildman–Crippen LogP) is 3.81. The molecule has 9 nitrogen and oxygen atoms in total. The normalized spacial score (nSPS) is 14.2. The largest absolute Gasteiger partial charge is 0.493 e. The standard InChI is InChI=1S/C25H26N6O3S2/c1-16(32)6-9-34-19-4-2-17(3-5-19)22-20(12-26)23(28)30-24(21(22)13-27)35-14-18-15-36-25(29-18)31-7-10-33-11-8-31/h2-5,15-16,32H,6-11,14H2,1H3,(H2,28,30). The molecule has 186 valence electrons. The number of aliphatic hydroxyl groups is 1. The van der Waals surface area contributed by atoms with Crippen LogP contribution in [0.1, 0.15) is 30.2 Å². The van der Waals surface area contributed by atoms with Gasteiger partial charge in [-0.15, -0.1) is 11.3 Å². The fraction of sp³-hybridized carbons (Fsp3) is 0.360. The van der Waals surface area contributed by atoms with Crippen molar-refractivity contribution >= 4 is 34.0 Å². The van der Waals surface area contributed by atoms with Crippen LogP contribution in [0.4, 0.5) is 10.9 Å². The van der Waals surface area contributed by atoms with E-state index in [2.05, 4.69) is 22.0 Å². The summed E-state index contributed by atoms with van der Waals surface area (Å²) in [7, 11) is 0. The Kier molecular flexibility index (Phi) is 8.62. The summed E-state index contributed by atoms with van der Waals surface area (Å²) in [6.45, 7) is 5.13. The Hall–Kier alpha value is -3.35. The van der Waals surface area contributed by atoms with E-state index in [1.807, 2.05) is 5.38 Å². The zero-order chi connectivity index (χ0) is 25.5. The maximum absolute atomic E-state index is 10.0. The average Bonchev–Trinajstić information content (AvgIpc) is 3.37. The van der Waals surface area contributed by atoms with Gasteiger partial charge >= 0.3 is 0 Å². The number of pyridine rings is 1. The van der Waals surface area contributed by atoms with Crippen molar-refractivity contribution in [3.8, 4) is 29.0 Å². The monoisotopic (exact) mass is 522 g/mol. The van der Waals surface area contributed by atoms with Gasteiger partial charge in [0, 0.05) is 36.2 Å². The summed E-state index contributed by atoms with van der Waals surface area (Å²) in [5.74, 6) is 1.23. The number of nitrogen functional groups attached to an aromatic ring is 1. The zero-order valence-corrected chi connectivity index (χ0v) is 21.4. The number of morpholine rings is 1. The van der Waals surface area contributed by atoms with Crippen LogP contribution in [0.2, 0.25) is 0 Å². The van der Waals surface area contributed by atoms with E-state index in [4.69, 9.17) is 20.2 Å². The van der Waals surface area contributed by atoms with Crippen molar-refractivity contribution in [1.82, 2.24) is 9.97 Å². The number of nitrogens with zero attached hydrogens (tertiary/aromatic N) is 5. The minimum atomic E-state index is -0.438. The molecule has 3 N–H and O–H groups in total. The molecule has 1 unspecified atom stereocenters. The van der Waals surface area contributed by atoms with Gasteiger partial charge in [-0.1, -0.05) is 23.9 Å². The zero-order valence-electron chi connectivity index (χ0n) is 19.8. The van der Waals surface area contributed by atoms with Gasteiger partial charge in [0.05, 0.1) is 37.2 Å². The summed E-state index contributed by atoms with van der Waals surface area (Å²) in [5.41, 5.74) is 8.64. The highest BCUT2D eigenvalue weighted by Crippen LogP contribution is 2.37. The van der Waals surface area contributed by atoms with E-state index in [1.54, 1.807) is 42.5 Å². The second-order valence-corrected chi connectivity index (χ2v) is 9.97. The van der Waals surface area contributed by atoms with E-state index in [0.29, 0.717) is 59.5 Å². The van der Waals surface area contributed by atoms with Crippen LogP contribution in [0, 0.1) is 22.7 Å². The number of anilines is 2. The van der Waals surface area contributed by atoms with Crippen molar-refractivity contribution in [2.75, 3.05) is 43.5 Å². The highest BCUT2D eigenvalue weighted by Gasteiger charge is 2.21. The number of aliphatic hydroxyl groups excluding tert-OH is 1. The van der Waals surface area contributed by atoms with Gasteiger partial charge in [-0.05, 0) is 24.6 Å². The van der Waals surface area contributed by atoms with E-state index >= 15 is 0 Å². The molecule has 0 aliphatic carbocycles. The SMILES string of the molecule is CC(O)CCOc1ccc(-c2c(C#N)c(N)nc(SCc3csc(N4CCOCC4)n3)c2C#N)cc1. The van der Waals surface area contributed by atoms with Crippen molar-refractivity contribution in [3.05, 3.63) is 46.5 Å². The van der Waals surface area contributed by atoms with Crippen molar-refractivity contribution in [3.63, 3.8) is 0 Å². The molecule has 4 rings (SSSR count). The van der Waals surface area contributed by atoms with E-state index < -0.39 is 6.10 Å². The molecule has 0 amide bonds. The molecule has 0 radical (unpaired) electrons. The first kappa shape index (κ1) is 25.7. The van der Waals surface area contributed by atoms with Crippen LogP contribution in [0.15, 0.2) is 34.7 Å². The van der Waals surface area contributed by atoms with Gasteiger partial charge in [0.2, 0.25) is 0 Å². The molecule has 1 saturated heterocycles. The van der Waals surface area contributed by atoms with E-state index in [0.717, 1.165) is 23.9 Å². The van der Waals surface area contributed by atoms with Crippen LogP contribution in [0.3, 0.4) is 0 Å². The van der Waals surface area contributed by atoms with E-state index in [9.17, 15) is 15.6 Å². The molecule has 1 atom stereocenters. The third-order valence-corrected chi connectivity index (χ3v) is 7.50. The van der Waals surface area contributed by atoms with E-state index in [-0.39, 0.29) is 11.4 Å². The van der Waals surface area contributed by atoms with Gasteiger partial charge < -0.3 is 25.2 Å². The Morgan fingerprint density at radius 1 is 1.19 bits per heavy atom. The van der Waals surface area contributed by atoms with E-state index in [1.165, 1.54) is 11.8 Å². The molecule has 3 aromatic rings. The van der Waals surface area contributed by atoms with Crippen LogP contribution < -0.4 is 15.4 Å². The maximum atomic E-state index is 10.0. The summed E-state index contributed by atoms with van der Waals surface area (Å²) in [5, 5.41) is 32.6. The number of ether oxygens (including phenoxy) is 2. The summed E-state index contributed by atoms with van der Waals surface area (Å²) in [4.78, 5) is 11.3. The number of nitrogens with two attached hydrogens (primary N) is 1.